The maximum Gasteiger partial charge on any atom is 0.251 e. The van der Waals surface area contributed by atoms with Gasteiger partial charge in [-0.2, -0.15) is 4.31 Å². The normalized spacial score (nSPS) is 19.7. The lowest BCUT2D eigenvalue weighted by molar-refractivity contribution is 0.0932. The molecule has 3 heterocycles. The number of hydrogen-bond donors (Lipinski definition) is 1. The Kier molecular flexibility index (Phi) is 3.67. The maximum atomic E-state index is 12.7. The number of amides is 1. The lowest BCUT2D eigenvalue weighted by Gasteiger charge is -2.29. The highest BCUT2D eigenvalue weighted by atomic mass is 32.2. The summed E-state index contributed by atoms with van der Waals surface area (Å²) in [4.78, 5) is 17.9. The van der Waals surface area contributed by atoms with Gasteiger partial charge in [-0.3, -0.25) is 4.79 Å². The van der Waals surface area contributed by atoms with Crippen LogP contribution in [-0.4, -0.2) is 41.8 Å². The summed E-state index contributed by atoms with van der Waals surface area (Å²) in [6, 6.07) is 6.56. The van der Waals surface area contributed by atoms with Crippen LogP contribution in [0.4, 0.5) is 0 Å². The Morgan fingerprint density at radius 3 is 2.92 bits per heavy atom. The molecule has 1 aliphatic rings. The van der Waals surface area contributed by atoms with Gasteiger partial charge < -0.3 is 9.88 Å². The number of thiophene rings is 1. The van der Waals surface area contributed by atoms with Gasteiger partial charge in [0.2, 0.25) is 10.0 Å². The van der Waals surface area contributed by atoms with Crippen LogP contribution in [0.1, 0.15) is 21.3 Å². The number of aryl methyl sites for hydroxylation is 1. The average Bonchev–Trinajstić information content (AvgIpc) is 3.20. The van der Waals surface area contributed by atoms with E-state index >= 15 is 0 Å². The van der Waals surface area contributed by atoms with Gasteiger partial charge in [-0.1, -0.05) is 0 Å². The van der Waals surface area contributed by atoms with E-state index < -0.39 is 10.0 Å². The number of hydrogen-bond acceptors (Lipinski definition) is 5. The van der Waals surface area contributed by atoms with Crippen molar-refractivity contribution in [2.24, 2.45) is 7.05 Å². The van der Waals surface area contributed by atoms with E-state index in [1.54, 1.807) is 29.9 Å². The number of nitrogens with one attached hydrogen (secondary N) is 1. The van der Waals surface area contributed by atoms with Gasteiger partial charge in [0.15, 0.2) is 0 Å². The summed E-state index contributed by atoms with van der Waals surface area (Å²) in [6.45, 7) is 0.216. The largest absolute Gasteiger partial charge is 0.343 e. The molecule has 0 saturated carbocycles. The zero-order chi connectivity index (χ0) is 17.8. The zero-order valence-electron chi connectivity index (χ0n) is 13.6. The van der Waals surface area contributed by atoms with E-state index in [9.17, 15) is 13.2 Å². The van der Waals surface area contributed by atoms with Gasteiger partial charge in [-0.15, -0.1) is 11.3 Å². The summed E-state index contributed by atoms with van der Waals surface area (Å²) in [5, 5.41) is 4.68. The molecule has 7 nitrogen and oxygen atoms in total. The Morgan fingerprint density at radius 2 is 2.12 bits per heavy atom. The van der Waals surface area contributed by atoms with E-state index in [4.69, 9.17) is 0 Å². The number of likely N-dealkylation sites (N-methyl/N-ethyl adjacent to an activating group) is 1. The minimum Gasteiger partial charge on any atom is -0.343 e. The first-order valence-electron chi connectivity index (χ1n) is 7.63. The monoisotopic (exact) mass is 376 g/mol. The fraction of sp³-hybridized carbons (Fsp3) is 0.250. The average molecular weight is 376 g/mol. The first kappa shape index (κ1) is 16.2. The minimum absolute atomic E-state index is 0.216. The van der Waals surface area contributed by atoms with E-state index in [0.29, 0.717) is 10.4 Å². The van der Waals surface area contributed by atoms with Gasteiger partial charge in [0, 0.05) is 31.1 Å². The standard InChI is InChI=1S/C16H16N4O3S2/c1-19-9-17-11-7-10(3-4-13(11)19)16(21)18-12-8-20(2)25(22,23)14-5-6-24-15(12)14/h3-7,9,12H,8H2,1-2H3,(H,18,21)/t12-/m1/s1. The van der Waals surface area contributed by atoms with Crippen LogP contribution in [0, 0.1) is 0 Å². The van der Waals surface area contributed by atoms with Gasteiger partial charge in [-0.05, 0) is 29.6 Å². The van der Waals surface area contributed by atoms with Crippen molar-refractivity contribution in [2.75, 3.05) is 13.6 Å². The van der Waals surface area contributed by atoms with Crippen LogP contribution < -0.4 is 5.32 Å². The summed E-state index contributed by atoms with van der Waals surface area (Å²) < 4.78 is 27.8. The molecule has 2 aromatic heterocycles. The second-order valence-corrected chi connectivity index (χ2v) is 8.98. The molecule has 0 unspecified atom stereocenters. The summed E-state index contributed by atoms with van der Waals surface area (Å²) in [5.74, 6) is -0.246. The molecule has 0 radical (unpaired) electrons. The summed E-state index contributed by atoms with van der Waals surface area (Å²) in [5.41, 5.74) is 2.19. The van der Waals surface area contributed by atoms with Crippen molar-refractivity contribution >= 4 is 38.3 Å². The van der Waals surface area contributed by atoms with Crippen LogP contribution in [0.15, 0.2) is 40.9 Å². The Morgan fingerprint density at radius 1 is 1.32 bits per heavy atom. The van der Waals surface area contributed by atoms with E-state index in [1.165, 1.54) is 22.7 Å². The molecule has 1 N–H and O–H groups in total. The number of sulfonamides is 1. The molecule has 1 aromatic carbocycles. The highest BCUT2D eigenvalue weighted by molar-refractivity contribution is 7.89. The number of carbonyl (C=O) groups is 1. The third kappa shape index (κ3) is 2.55. The third-order valence-corrected chi connectivity index (χ3v) is 7.44. The van der Waals surface area contributed by atoms with Crippen molar-refractivity contribution in [3.63, 3.8) is 0 Å². The first-order chi connectivity index (χ1) is 11.9. The Hall–Kier alpha value is -2.23. The van der Waals surface area contributed by atoms with Crippen molar-refractivity contribution in [2.45, 2.75) is 10.9 Å². The molecule has 0 bridgehead atoms. The highest BCUT2D eigenvalue weighted by Crippen LogP contribution is 2.35. The fourth-order valence-electron chi connectivity index (χ4n) is 3.01. The number of rotatable bonds is 2. The molecule has 0 aliphatic carbocycles. The van der Waals surface area contributed by atoms with Gasteiger partial charge in [0.1, 0.15) is 0 Å². The van der Waals surface area contributed by atoms with Crippen LogP contribution in [-0.2, 0) is 17.1 Å². The Labute approximate surface area is 149 Å². The van der Waals surface area contributed by atoms with E-state index in [1.807, 2.05) is 17.7 Å². The van der Waals surface area contributed by atoms with E-state index in [2.05, 4.69) is 10.3 Å². The van der Waals surface area contributed by atoms with Crippen LogP contribution in [0.5, 0.6) is 0 Å². The van der Waals surface area contributed by atoms with Gasteiger partial charge in [-0.25, -0.2) is 13.4 Å². The predicted octanol–water partition coefficient (Wildman–Crippen LogP) is 1.74. The predicted molar refractivity (Wildman–Crippen MR) is 95.1 cm³/mol. The number of fused-ring (bicyclic) bond motifs is 2. The third-order valence-electron chi connectivity index (χ3n) is 4.39. The van der Waals surface area contributed by atoms with Crippen molar-refractivity contribution in [1.82, 2.24) is 19.2 Å². The molecule has 0 saturated heterocycles. The number of benzene rings is 1. The highest BCUT2D eigenvalue weighted by Gasteiger charge is 2.36. The molecule has 0 fully saturated rings. The summed E-state index contributed by atoms with van der Waals surface area (Å²) in [7, 11) is -0.0397. The molecular weight excluding hydrogens is 360 g/mol. The molecule has 1 atom stereocenters. The molecule has 4 rings (SSSR count). The van der Waals surface area contributed by atoms with Crippen LogP contribution >= 0.6 is 11.3 Å². The van der Waals surface area contributed by atoms with Crippen LogP contribution in [0.2, 0.25) is 0 Å². The van der Waals surface area contributed by atoms with Gasteiger partial charge in [0.25, 0.3) is 5.91 Å². The second-order valence-electron chi connectivity index (χ2n) is 6.02. The topological polar surface area (TPSA) is 84.3 Å². The van der Waals surface area contributed by atoms with Crippen molar-refractivity contribution < 1.29 is 13.2 Å². The Balaban J connectivity index is 1.64. The second kappa shape index (κ2) is 5.65. The van der Waals surface area contributed by atoms with Crippen LogP contribution in [0.3, 0.4) is 0 Å². The smallest absolute Gasteiger partial charge is 0.251 e. The van der Waals surface area contributed by atoms with Crippen LogP contribution in [0.25, 0.3) is 11.0 Å². The number of nitrogens with zero attached hydrogens (tertiary/aromatic N) is 3. The Bertz CT molecular complexity index is 1080. The van der Waals surface area contributed by atoms with Crippen molar-refractivity contribution in [3.05, 3.63) is 46.4 Å². The van der Waals surface area contributed by atoms with Crippen molar-refractivity contribution in [3.8, 4) is 0 Å². The molecule has 0 spiro atoms. The minimum atomic E-state index is -3.46. The molecule has 1 aliphatic heterocycles. The molecule has 3 aromatic rings. The molecule has 1 amide bonds. The maximum absolute atomic E-state index is 12.7. The summed E-state index contributed by atoms with van der Waals surface area (Å²) >= 11 is 1.34. The van der Waals surface area contributed by atoms with E-state index in [0.717, 1.165) is 11.0 Å². The number of carbonyl (C=O) groups excluding carboxylic acids is 1. The number of aromatic nitrogens is 2. The lowest BCUT2D eigenvalue weighted by Crippen LogP contribution is -2.42. The fourth-order valence-corrected chi connectivity index (χ4v) is 5.71. The van der Waals surface area contributed by atoms with Gasteiger partial charge in [0.05, 0.1) is 28.3 Å². The van der Waals surface area contributed by atoms with Crippen molar-refractivity contribution in [1.29, 1.82) is 0 Å². The number of imidazole rings is 1. The molecule has 130 valence electrons. The van der Waals surface area contributed by atoms with Gasteiger partial charge >= 0.3 is 0 Å². The summed E-state index contributed by atoms with van der Waals surface area (Å²) in [6.07, 6.45) is 1.70. The SMILES string of the molecule is CN1C[C@@H](NC(=O)c2ccc3c(c2)ncn3C)c2sccc2S1(=O)=O. The molecule has 25 heavy (non-hydrogen) atoms. The first-order valence-corrected chi connectivity index (χ1v) is 9.95. The quantitative estimate of drug-likeness (QED) is 0.738. The lowest BCUT2D eigenvalue weighted by atomic mass is 10.1. The zero-order valence-corrected chi connectivity index (χ0v) is 15.3. The molecule has 9 heteroatoms. The van der Waals surface area contributed by atoms with E-state index in [-0.39, 0.29) is 23.4 Å². The molecular formula is C16H16N4O3S2.